The Morgan fingerprint density at radius 1 is 1.05 bits per heavy atom. The van der Waals surface area contributed by atoms with Gasteiger partial charge in [-0.1, -0.05) is 24.6 Å². The van der Waals surface area contributed by atoms with Gasteiger partial charge in [0.25, 0.3) is 10.0 Å². The monoisotopic (exact) mass is 277 g/mol. The van der Waals surface area contributed by atoms with Crippen LogP contribution >= 0.6 is 0 Å². The molecule has 0 unspecified atom stereocenters. The summed E-state index contributed by atoms with van der Waals surface area (Å²) in [7, 11) is -3.48. The van der Waals surface area contributed by atoms with Crippen LogP contribution in [0.2, 0.25) is 0 Å². The molecule has 1 heterocycles. The smallest absolute Gasteiger partial charge is 0.246 e. The molecule has 0 aliphatic rings. The van der Waals surface area contributed by atoms with Crippen LogP contribution in [-0.2, 0) is 16.4 Å². The van der Waals surface area contributed by atoms with Gasteiger partial charge in [0.1, 0.15) is 0 Å². The maximum atomic E-state index is 12.6. The van der Waals surface area contributed by atoms with Gasteiger partial charge in [0.2, 0.25) is 0 Å². The molecule has 0 spiro atoms. The van der Waals surface area contributed by atoms with Crippen molar-refractivity contribution in [2.45, 2.75) is 39.0 Å². The lowest BCUT2D eigenvalue weighted by Gasteiger charge is -2.09. The van der Waals surface area contributed by atoms with E-state index in [1.807, 2.05) is 39.8 Å². The van der Waals surface area contributed by atoms with Crippen LogP contribution in [0.25, 0.3) is 0 Å². The molecule has 2 rings (SSSR count). The topological polar surface area (TPSA) is 39.1 Å². The molecule has 0 fully saturated rings. The second-order valence-electron chi connectivity index (χ2n) is 4.84. The second-order valence-corrected chi connectivity index (χ2v) is 6.66. The van der Waals surface area contributed by atoms with Crippen LogP contribution in [-0.4, -0.2) is 12.4 Å². The van der Waals surface area contributed by atoms with Crippen molar-refractivity contribution in [1.29, 1.82) is 0 Å². The van der Waals surface area contributed by atoms with Gasteiger partial charge < -0.3 is 0 Å². The molecule has 0 saturated heterocycles. The zero-order valence-electron chi connectivity index (χ0n) is 11.8. The van der Waals surface area contributed by atoms with Gasteiger partial charge in [0.15, 0.2) is 0 Å². The average Bonchev–Trinajstić information content (AvgIpc) is 2.65. The number of aromatic nitrogens is 1. The fourth-order valence-corrected chi connectivity index (χ4v) is 3.85. The van der Waals surface area contributed by atoms with Gasteiger partial charge in [-0.3, -0.25) is 0 Å². The summed E-state index contributed by atoms with van der Waals surface area (Å²) >= 11 is 0. The Labute approximate surface area is 114 Å². The zero-order chi connectivity index (χ0) is 14.2. The first-order valence-electron chi connectivity index (χ1n) is 6.37. The Hall–Kier alpha value is -1.55. The van der Waals surface area contributed by atoms with Crippen molar-refractivity contribution in [1.82, 2.24) is 3.97 Å². The fraction of sp³-hybridized carbons (Fsp3) is 0.333. The molecule has 1 aromatic heterocycles. The van der Waals surface area contributed by atoms with Crippen LogP contribution in [0.4, 0.5) is 0 Å². The highest BCUT2D eigenvalue weighted by atomic mass is 32.2. The third-order valence-corrected chi connectivity index (χ3v) is 5.25. The molecule has 0 atom stereocenters. The van der Waals surface area contributed by atoms with E-state index in [2.05, 4.69) is 0 Å². The van der Waals surface area contributed by atoms with Gasteiger partial charge in [0.05, 0.1) is 4.90 Å². The minimum absolute atomic E-state index is 0.332. The molecule has 0 amide bonds. The first-order valence-corrected chi connectivity index (χ1v) is 7.81. The molecule has 1 aromatic carbocycles. The summed E-state index contributed by atoms with van der Waals surface area (Å²) in [5.41, 5.74) is 3.99. The van der Waals surface area contributed by atoms with Crippen molar-refractivity contribution in [3.8, 4) is 0 Å². The van der Waals surface area contributed by atoms with Crippen molar-refractivity contribution in [3.63, 3.8) is 0 Å². The van der Waals surface area contributed by atoms with Crippen molar-refractivity contribution in [2.24, 2.45) is 0 Å². The summed E-state index contributed by atoms with van der Waals surface area (Å²) in [5, 5.41) is 0. The van der Waals surface area contributed by atoms with E-state index in [1.165, 1.54) is 3.97 Å². The maximum Gasteiger partial charge on any atom is 0.267 e. The SMILES string of the molecule is CCc1c(C)cn(S(=O)(=O)c2ccc(C)cc2)c1C. The zero-order valence-corrected chi connectivity index (χ0v) is 12.6. The van der Waals surface area contributed by atoms with E-state index in [-0.39, 0.29) is 0 Å². The standard InChI is InChI=1S/C15H19NO2S/c1-5-15-12(3)10-16(13(15)4)19(17,18)14-8-6-11(2)7-9-14/h6-10H,5H2,1-4H3. The molecule has 0 radical (unpaired) electrons. The molecule has 0 N–H and O–H groups in total. The van der Waals surface area contributed by atoms with E-state index in [9.17, 15) is 8.42 Å². The van der Waals surface area contributed by atoms with Crippen LogP contribution in [0, 0.1) is 20.8 Å². The molecule has 3 nitrogen and oxygen atoms in total. The van der Waals surface area contributed by atoms with Crippen LogP contribution < -0.4 is 0 Å². The Balaban J connectivity index is 2.60. The lowest BCUT2D eigenvalue weighted by Crippen LogP contribution is -2.13. The quantitative estimate of drug-likeness (QED) is 0.864. The Bertz CT molecular complexity index is 694. The molecule has 0 aliphatic heterocycles. The highest BCUT2D eigenvalue weighted by molar-refractivity contribution is 7.90. The highest BCUT2D eigenvalue weighted by Crippen LogP contribution is 2.23. The molecule has 0 bridgehead atoms. The Morgan fingerprint density at radius 3 is 2.11 bits per heavy atom. The minimum Gasteiger partial charge on any atom is -0.246 e. The van der Waals surface area contributed by atoms with E-state index >= 15 is 0 Å². The summed E-state index contributed by atoms with van der Waals surface area (Å²) in [4.78, 5) is 0.332. The van der Waals surface area contributed by atoms with Crippen molar-refractivity contribution in [2.75, 3.05) is 0 Å². The predicted octanol–water partition coefficient (Wildman–Crippen LogP) is 3.21. The molecule has 0 saturated carbocycles. The summed E-state index contributed by atoms with van der Waals surface area (Å²) < 4.78 is 26.6. The lowest BCUT2D eigenvalue weighted by atomic mass is 10.1. The summed E-state index contributed by atoms with van der Waals surface area (Å²) in [6.45, 7) is 7.79. The number of benzene rings is 1. The Kier molecular flexibility index (Phi) is 3.54. The normalized spacial score (nSPS) is 11.8. The van der Waals surface area contributed by atoms with Crippen LogP contribution in [0.1, 0.15) is 29.3 Å². The fourth-order valence-electron chi connectivity index (χ4n) is 2.38. The van der Waals surface area contributed by atoms with Crippen LogP contribution in [0.15, 0.2) is 35.4 Å². The van der Waals surface area contributed by atoms with Crippen molar-refractivity contribution < 1.29 is 8.42 Å². The molecule has 2 aromatic rings. The number of hydrogen-bond acceptors (Lipinski definition) is 2. The molecular weight excluding hydrogens is 258 g/mol. The predicted molar refractivity (Wildman–Crippen MR) is 77.0 cm³/mol. The number of hydrogen-bond donors (Lipinski definition) is 0. The van der Waals surface area contributed by atoms with Crippen molar-refractivity contribution >= 4 is 10.0 Å². The van der Waals surface area contributed by atoms with E-state index < -0.39 is 10.0 Å². The first kappa shape index (κ1) is 13.9. The van der Waals surface area contributed by atoms with E-state index in [0.29, 0.717) is 4.90 Å². The number of aryl methyl sites for hydroxylation is 2. The summed E-state index contributed by atoms with van der Waals surface area (Å²) in [6, 6.07) is 6.95. The molecule has 4 heteroatoms. The van der Waals surface area contributed by atoms with Gasteiger partial charge in [-0.25, -0.2) is 12.4 Å². The Morgan fingerprint density at radius 2 is 1.63 bits per heavy atom. The van der Waals surface area contributed by atoms with E-state index in [0.717, 1.165) is 28.8 Å². The first-order chi connectivity index (χ1) is 8.87. The number of rotatable bonds is 3. The highest BCUT2D eigenvalue weighted by Gasteiger charge is 2.20. The summed E-state index contributed by atoms with van der Waals surface area (Å²) in [6.07, 6.45) is 2.55. The second kappa shape index (κ2) is 4.85. The van der Waals surface area contributed by atoms with Crippen LogP contribution in [0.5, 0.6) is 0 Å². The minimum atomic E-state index is -3.48. The van der Waals surface area contributed by atoms with E-state index in [4.69, 9.17) is 0 Å². The van der Waals surface area contributed by atoms with Crippen molar-refractivity contribution in [3.05, 3.63) is 52.8 Å². The van der Waals surface area contributed by atoms with Gasteiger partial charge in [-0.15, -0.1) is 0 Å². The van der Waals surface area contributed by atoms with Gasteiger partial charge in [-0.05, 0) is 50.5 Å². The van der Waals surface area contributed by atoms with Gasteiger partial charge >= 0.3 is 0 Å². The third kappa shape index (κ3) is 2.32. The van der Waals surface area contributed by atoms with Gasteiger partial charge in [0, 0.05) is 11.9 Å². The average molecular weight is 277 g/mol. The third-order valence-electron chi connectivity index (χ3n) is 3.49. The summed E-state index contributed by atoms with van der Waals surface area (Å²) in [5.74, 6) is 0. The molecular formula is C15H19NO2S. The lowest BCUT2D eigenvalue weighted by molar-refractivity contribution is 0.586. The molecule has 19 heavy (non-hydrogen) atoms. The number of nitrogens with zero attached hydrogens (tertiary/aromatic N) is 1. The maximum absolute atomic E-state index is 12.6. The largest absolute Gasteiger partial charge is 0.267 e. The van der Waals surface area contributed by atoms with Crippen LogP contribution in [0.3, 0.4) is 0 Å². The molecule has 102 valence electrons. The van der Waals surface area contributed by atoms with E-state index in [1.54, 1.807) is 18.3 Å². The van der Waals surface area contributed by atoms with Gasteiger partial charge in [-0.2, -0.15) is 0 Å². The molecule has 0 aliphatic carbocycles.